The van der Waals surface area contributed by atoms with E-state index in [1.54, 1.807) is 4.90 Å². The third kappa shape index (κ3) is 4.37. The summed E-state index contributed by atoms with van der Waals surface area (Å²) >= 11 is 1.41. The van der Waals surface area contributed by atoms with Crippen molar-refractivity contribution in [3.63, 3.8) is 0 Å². The zero-order chi connectivity index (χ0) is 17.5. The second-order valence-corrected chi connectivity index (χ2v) is 6.42. The van der Waals surface area contributed by atoms with Crippen molar-refractivity contribution in [2.75, 3.05) is 17.2 Å². The summed E-state index contributed by atoms with van der Waals surface area (Å²) in [6, 6.07) is 23.4. The first-order chi connectivity index (χ1) is 12.3. The number of hydrogen-bond donors (Lipinski definition) is 0. The van der Waals surface area contributed by atoms with Gasteiger partial charge < -0.3 is 4.90 Å². The zero-order valence-electron chi connectivity index (χ0n) is 13.6. The van der Waals surface area contributed by atoms with E-state index < -0.39 is 0 Å². The molecular formula is C20H17N3OS. The molecule has 0 bridgehead atoms. The molecule has 0 fully saturated rings. The number of carbonyl (C=O) groups excluding carboxylic acids is 1. The van der Waals surface area contributed by atoms with Crippen LogP contribution in [0, 0.1) is 11.3 Å². The van der Waals surface area contributed by atoms with E-state index in [-0.39, 0.29) is 11.7 Å². The standard InChI is InChI=1S/C20H17N3OS/c21-13-6-14-23(17-8-2-1-3-9-17)20(24)15-25-19-12-11-16-7-4-5-10-18(16)22-19/h1-5,7-12H,6,14-15H2. The first-order valence-corrected chi connectivity index (χ1v) is 8.97. The van der Waals surface area contributed by atoms with Gasteiger partial charge >= 0.3 is 0 Å². The van der Waals surface area contributed by atoms with Gasteiger partial charge in [0.2, 0.25) is 5.91 Å². The van der Waals surface area contributed by atoms with Crippen molar-refractivity contribution in [1.29, 1.82) is 5.26 Å². The highest BCUT2D eigenvalue weighted by molar-refractivity contribution is 7.99. The average Bonchev–Trinajstić information content (AvgIpc) is 2.67. The Morgan fingerprint density at radius 1 is 1.04 bits per heavy atom. The number of nitriles is 1. The Labute approximate surface area is 151 Å². The molecule has 0 saturated carbocycles. The molecule has 0 aliphatic rings. The lowest BCUT2D eigenvalue weighted by Gasteiger charge is -2.21. The molecule has 2 aromatic carbocycles. The van der Waals surface area contributed by atoms with Crippen LogP contribution in [0.1, 0.15) is 6.42 Å². The van der Waals surface area contributed by atoms with Crippen molar-refractivity contribution in [2.45, 2.75) is 11.4 Å². The third-order valence-electron chi connectivity index (χ3n) is 3.73. The minimum absolute atomic E-state index is 0.0265. The molecule has 25 heavy (non-hydrogen) atoms. The van der Waals surface area contributed by atoms with Crippen LogP contribution in [0.5, 0.6) is 0 Å². The number of para-hydroxylation sites is 2. The molecule has 5 heteroatoms. The van der Waals surface area contributed by atoms with Crippen LogP contribution in [0.25, 0.3) is 10.9 Å². The normalized spacial score (nSPS) is 10.4. The maximum Gasteiger partial charge on any atom is 0.237 e. The Hall–Kier alpha value is -2.84. The first-order valence-electron chi connectivity index (χ1n) is 7.99. The topological polar surface area (TPSA) is 57.0 Å². The fourth-order valence-corrected chi connectivity index (χ4v) is 3.26. The van der Waals surface area contributed by atoms with E-state index in [0.29, 0.717) is 13.0 Å². The van der Waals surface area contributed by atoms with E-state index in [2.05, 4.69) is 11.1 Å². The Kier molecular flexibility index (Phi) is 5.65. The zero-order valence-corrected chi connectivity index (χ0v) is 14.4. The molecular weight excluding hydrogens is 330 g/mol. The number of carbonyl (C=O) groups is 1. The Morgan fingerprint density at radius 2 is 1.80 bits per heavy atom. The highest BCUT2D eigenvalue weighted by atomic mass is 32.2. The van der Waals surface area contributed by atoms with E-state index >= 15 is 0 Å². The van der Waals surface area contributed by atoms with Crippen LogP contribution < -0.4 is 4.90 Å². The lowest BCUT2D eigenvalue weighted by molar-refractivity contribution is -0.116. The molecule has 0 unspecified atom stereocenters. The molecule has 0 saturated heterocycles. The number of nitrogens with zero attached hydrogens (tertiary/aromatic N) is 3. The number of aromatic nitrogens is 1. The van der Waals surface area contributed by atoms with Crippen molar-refractivity contribution in [3.05, 3.63) is 66.7 Å². The molecule has 0 N–H and O–H groups in total. The van der Waals surface area contributed by atoms with E-state index in [4.69, 9.17) is 5.26 Å². The molecule has 1 amide bonds. The molecule has 0 radical (unpaired) electrons. The monoisotopic (exact) mass is 347 g/mol. The highest BCUT2D eigenvalue weighted by Gasteiger charge is 2.15. The molecule has 124 valence electrons. The van der Waals surface area contributed by atoms with Gasteiger partial charge in [0.25, 0.3) is 0 Å². The van der Waals surface area contributed by atoms with E-state index in [1.807, 2.05) is 66.7 Å². The molecule has 0 spiro atoms. The quantitative estimate of drug-likeness (QED) is 0.625. The van der Waals surface area contributed by atoms with Crippen LogP contribution in [0.15, 0.2) is 71.8 Å². The van der Waals surface area contributed by atoms with Gasteiger partial charge in [-0.25, -0.2) is 4.98 Å². The maximum atomic E-state index is 12.7. The molecule has 3 aromatic rings. The number of fused-ring (bicyclic) bond motifs is 1. The molecule has 0 aliphatic heterocycles. The van der Waals surface area contributed by atoms with Crippen LogP contribution in [0.2, 0.25) is 0 Å². The number of benzene rings is 2. The van der Waals surface area contributed by atoms with E-state index in [9.17, 15) is 4.79 Å². The molecule has 3 rings (SSSR count). The maximum absolute atomic E-state index is 12.7. The Bertz CT molecular complexity index is 905. The van der Waals surface area contributed by atoms with Gasteiger partial charge in [0, 0.05) is 17.6 Å². The lowest BCUT2D eigenvalue weighted by atomic mass is 10.2. The van der Waals surface area contributed by atoms with Gasteiger partial charge in [0.1, 0.15) is 0 Å². The largest absolute Gasteiger partial charge is 0.311 e. The lowest BCUT2D eigenvalue weighted by Crippen LogP contribution is -2.33. The first kappa shape index (κ1) is 17.0. The van der Waals surface area contributed by atoms with Crippen LogP contribution in [0.3, 0.4) is 0 Å². The fraction of sp³-hybridized carbons (Fsp3) is 0.150. The summed E-state index contributed by atoms with van der Waals surface area (Å²) in [4.78, 5) is 18.9. The van der Waals surface area contributed by atoms with Gasteiger partial charge in [-0.3, -0.25) is 4.79 Å². The second kappa shape index (κ2) is 8.32. The van der Waals surface area contributed by atoms with E-state index in [0.717, 1.165) is 21.6 Å². The Balaban J connectivity index is 1.71. The molecule has 0 atom stereocenters. The van der Waals surface area contributed by atoms with Gasteiger partial charge in [-0.2, -0.15) is 5.26 Å². The van der Waals surface area contributed by atoms with Gasteiger partial charge in [0.05, 0.1) is 28.8 Å². The predicted octanol–water partition coefficient (Wildman–Crippen LogP) is 4.27. The minimum Gasteiger partial charge on any atom is -0.311 e. The summed E-state index contributed by atoms with van der Waals surface area (Å²) in [5.41, 5.74) is 1.74. The number of pyridine rings is 1. The summed E-state index contributed by atoms with van der Waals surface area (Å²) in [5.74, 6) is 0.257. The minimum atomic E-state index is -0.0265. The molecule has 0 aliphatic carbocycles. The average molecular weight is 347 g/mol. The number of hydrogen-bond acceptors (Lipinski definition) is 4. The fourth-order valence-electron chi connectivity index (χ4n) is 2.51. The number of amides is 1. The molecule has 4 nitrogen and oxygen atoms in total. The summed E-state index contributed by atoms with van der Waals surface area (Å²) in [7, 11) is 0. The SMILES string of the molecule is N#CCCN(C(=O)CSc1ccc2ccccc2n1)c1ccccc1. The summed E-state index contributed by atoms with van der Waals surface area (Å²) in [5, 5.41) is 10.8. The van der Waals surface area contributed by atoms with Gasteiger partial charge in [-0.1, -0.05) is 54.2 Å². The van der Waals surface area contributed by atoms with Gasteiger partial charge in [-0.15, -0.1) is 0 Å². The van der Waals surface area contributed by atoms with Crippen LogP contribution in [-0.2, 0) is 4.79 Å². The van der Waals surface area contributed by atoms with Gasteiger partial charge in [0.15, 0.2) is 0 Å². The van der Waals surface area contributed by atoms with Crippen molar-refractivity contribution in [2.24, 2.45) is 0 Å². The van der Waals surface area contributed by atoms with Crippen LogP contribution in [0.4, 0.5) is 5.69 Å². The van der Waals surface area contributed by atoms with Crippen LogP contribution >= 0.6 is 11.8 Å². The highest BCUT2D eigenvalue weighted by Crippen LogP contribution is 2.22. The Morgan fingerprint density at radius 3 is 2.60 bits per heavy atom. The summed E-state index contributed by atoms with van der Waals surface area (Å²) in [6.07, 6.45) is 0.305. The predicted molar refractivity (Wildman–Crippen MR) is 101 cm³/mol. The number of anilines is 1. The van der Waals surface area contributed by atoms with E-state index in [1.165, 1.54) is 11.8 Å². The number of rotatable bonds is 6. The summed E-state index contributed by atoms with van der Waals surface area (Å²) < 4.78 is 0. The number of thioether (sulfide) groups is 1. The smallest absolute Gasteiger partial charge is 0.237 e. The van der Waals surface area contributed by atoms with Crippen molar-refractivity contribution in [1.82, 2.24) is 4.98 Å². The third-order valence-corrected chi connectivity index (χ3v) is 4.65. The molecule has 1 heterocycles. The van der Waals surface area contributed by atoms with Gasteiger partial charge in [-0.05, 0) is 24.3 Å². The van der Waals surface area contributed by atoms with Crippen LogP contribution in [-0.4, -0.2) is 23.2 Å². The second-order valence-electron chi connectivity index (χ2n) is 5.42. The molecule has 1 aromatic heterocycles. The van der Waals surface area contributed by atoms with Crippen molar-refractivity contribution < 1.29 is 4.79 Å². The van der Waals surface area contributed by atoms with Crippen molar-refractivity contribution in [3.8, 4) is 6.07 Å². The summed E-state index contributed by atoms with van der Waals surface area (Å²) in [6.45, 7) is 0.394. The van der Waals surface area contributed by atoms with Crippen molar-refractivity contribution >= 4 is 34.3 Å².